The SMILES string of the molecule is CC/C=C\C/C=C\C/C=C\C/C=C\CCCCC(=O)OC[C@H](COP(=O)(O)OCCN)OC(=O)CCC/C=C\C/C=C\C/C=C\C/C=C\CCCCCO. The van der Waals surface area contributed by atoms with Gasteiger partial charge < -0.3 is 25.2 Å². The number of allylic oxidation sites excluding steroid dienone is 16. The van der Waals surface area contributed by atoms with Crippen LogP contribution in [0.25, 0.3) is 0 Å². The second-order valence-corrected chi connectivity index (χ2v) is 13.9. The van der Waals surface area contributed by atoms with E-state index < -0.39 is 32.5 Å². The Morgan fingerprint density at radius 1 is 0.593 bits per heavy atom. The number of aliphatic hydroxyl groups is 1. The fraction of sp³-hybridized carbons (Fsp3) is 0.581. The number of phosphoric acid groups is 1. The van der Waals surface area contributed by atoms with Gasteiger partial charge in [0.15, 0.2) is 6.10 Å². The maximum Gasteiger partial charge on any atom is 0.472 e. The molecule has 0 saturated heterocycles. The van der Waals surface area contributed by atoms with Crippen LogP contribution in [-0.4, -0.2) is 61.0 Å². The Labute approximate surface area is 326 Å². The van der Waals surface area contributed by atoms with Gasteiger partial charge in [0, 0.05) is 26.0 Å². The Kier molecular flexibility index (Phi) is 37.3. The first kappa shape index (κ1) is 50.9. The van der Waals surface area contributed by atoms with Gasteiger partial charge >= 0.3 is 19.8 Å². The number of nitrogens with two attached hydrogens (primary N) is 1. The Morgan fingerprint density at radius 3 is 1.56 bits per heavy atom. The van der Waals surface area contributed by atoms with Crippen molar-refractivity contribution in [1.29, 1.82) is 0 Å². The molecule has 1 unspecified atom stereocenters. The van der Waals surface area contributed by atoms with Crippen LogP contribution >= 0.6 is 7.82 Å². The van der Waals surface area contributed by atoms with E-state index in [0.717, 1.165) is 83.5 Å². The molecule has 54 heavy (non-hydrogen) atoms. The second kappa shape index (κ2) is 39.6. The van der Waals surface area contributed by atoms with Gasteiger partial charge in [0.25, 0.3) is 0 Å². The van der Waals surface area contributed by atoms with E-state index in [1.54, 1.807) is 0 Å². The van der Waals surface area contributed by atoms with E-state index in [1.807, 2.05) is 12.2 Å². The fourth-order valence-corrected chi connectivity index (χ4v) is 5.36. The van der Waals surface area contributed by atoms with Crippen LogP contribution in [0.15, 0.2) is 97.2 Å². The largest absolute Gasteiger partial charge is 0.472 e. The first-order valence-corrected chi connectivity index (χ1v) is 21.3. The topological polar surface area (TPSA) is 155 Å². The van der Waals surface area contributed by atoms with Crippen LogP contribution in [0.5, 0.6) is 0 Å². The van der Waals surface area contributed by atoms with Gasteiger partial charge in [-0.2, -0.15) is 0 Å². The summed E-state index contributed by atoms with van der Waals surface area (Å²) in [6, 6.07) is 0. The van der Waals surface area contributed by atoms with Crippen LogP contribution in [0, 0.1) is 0 Å². The molecule has 0 amide bonds. The highest BCUT2D eigenvalue weighted by atomic mass is 31.2. The molecule has 0 aliphatic carbocycles. The van der Waals surface area contributed by atoms with Gasteiger partial charge in [-0.3, -0.25) is 18.6 Å². The molecule has 11 heteroatoms. The summed E-state index contributed by atoms with van der Waals surface area (Å²) in [5, 5.41) is 8.78. The number of carbonyl (C=O) groups excluding carboxylic acids is 2. The average molecular weight is 776 g/mol. The maximum atomic E-state index is 12.5. The molecule has 0 aliphatic heterocycles. The third kappa shape index (κ3) is 38.6. The van der Waals surface area contributed by atoms with Gasteiger partial charge in [-0.25, -0.2) is 4.57 Å². The summed E-state index contributed by atoms with van der Waals surface area (Å²) in [4.78, 5) is 34.7. The lowest BCUT2D eigenvalue weighted by atomic mass is 10.2. The molecule has 0 rings (SSSR count). The Morgan fingerprint density at radius 2 is 1.06 bits per heavy atom. The minimum atomic E-state index is -4.41. The number of phosphoric ester groups is 1. The van der Waals surface area contributed by atoms with Crippen LogP contribution in [0.3, 0.4) is 0 Å². The Balaban J connectivity index is 4.39. The number of aliphatic hydroxyl groups excluding tert-OH is 1. The van der Waals surface area contributed by atoms with Gasteiger partial charge in [0.2, 0.25) is 0 Å². The van der Waals surface area contributed by atoms with Crippen molar-refractivity contribution in [2.24, 2.45) is 5.73 Å². The van der Waals surface area contributed by atoms with Crippen LogP contribution in [0.2, 0.25) is 0 Å². The van der Waals surface area contributed by atoms with Crippen LogP contribution in [0.4, 0.5) is 0 Å². The van der Waals surface area contributed by atoms with E-state index in [4.69, 9.17) is 29.4 Å². The summed E-state index contributed by atoms with van der Waals surface area (Å²) in [5.41, 5.74) is 5.33. The molecule has 0 aromatic heterocycles. The third-order valence-electron chi connectivity index (χ3n) is 7.51. The maximum absolute atomic E-state index is 12.5. The number of carbonyl (C=O) groups is 2. The van der Waals surface area contributed by atoms with Crippen molar-refractivity contribution < 1.29 is 42.7 Å². The highest BCUT2D eigenvalue weighted by Crippen LogP contribution is 2.43. The lowest BCUT2D eigenvalue weighted by Gasteiger charge is -2.19. The number of unbranched alkanes of at least 4 members (excludes halogenated alkanes) is 6. The van der Waals surface area contributed by atoms with E-state index in [1.165, 1.54) is 0 Å². The predicted octanol–water partition coefficient (Wildman–Crippen LogP) is 10.0. The molecule has 10 nitrogen and oxygen atoms in total. The summed E-state index contributed by atoms with van der Waals surface area (Å²) >= 11 is 0. The zero-order valence-electron chi connectivity index (χ0n) is 32.9. The lowest BCUT2D eigenvalue weighted by molar-refractivity contribution is -0.161. The van der Waals surface area contributed by atoms with Crippen molar-refractivity contribution in [3.05, 3.63) is 97.2 Å². The van der Waals surface area contributed by atoms with Crippen molar-refractivity contribution >= 4 is 19.8 Å². The van der Waals surface area contributed by atoms with Gasteiger partial charge in [0.1, 0.15) is 6.61 Å². The van der Waals surface area contributed by atoms with Crippen molar-refractivity contribution in [3.63, 3.8) is 0 Å². The predicted molar refractivity (Wildman–Crippen MR) is 221 cm³/mol. The molecule has 0 aromatic carbocycles. The summed E-state index contributed by atoms with van der Waals surface area (Å²) in [5.74, 6) is -0.970. The smallest absolute Gasteiger partial charge is 0.462 e. The van der Waals surface area contributed by atoms with Gasteiger partial charge in [0.05, 0.1) is 13.2 Å². The fourth-order valence-electron chi connectivity index (χ4n) is 4.59. The number of ether oxygens (including phenoxy) is 2. The second-order valence-electron chi connectivity index (χ2n) is 12.5. The normalized spacial score (nSPS) is 14.4. The minimum Gasteiger partial charge on any atom is -0.462 e. The monoisotopic (exact) mass is 775 g/mol. The summed E-state index contributed by atoms with van der Waals surface area (Å²) in [6.45, 7) is 1.47. The van der Waals surface area contributed by atoms with Crippen LogP contribution in [-0.2, 0) is 32.7 Å². The van der Waals surface area contributed by atoms with E-state index in [0.29, 0.717) is 19.3 Å². The number of rotatable bonds is 36. The van der Waals surface area contributed by atoms with Gasteiger partial charge in [-0.15, -0.1) is 0 Å². The summed E-state index contributed by atoms with van der Waals surface area (Å²) in [7, 11) is -4.41. The zero-order chi connectivity index (χ0) is 39.6. The molecule has 4 N–H and O–H groups in total. The molecule has 0 radical (unpaired) electrons. The molecule has 0 aromatic rings. The van der Waals surface area contributed by atoms with E-state index in [9.17, 15) is 19.0 Å². The molecule has 0 saturated carbocycles. The zero-order valence-corrected chi connectivity index (χ0v) is 33.7. The average Bonchev–Trinajstić information content (AvgIpc) is 3.16. The van der Waals surface area contributed by atoms with Gasteiger partial charge in [-0.1, -0.05) is 111 Å². The molecule has 2 atom stereocenters. The Bertz CT molecular complexity index is 1200. The van der Waals surface area contributed by atoms with Crippen LogP contribution in [0.1, 0.15) is 122 Å². The highest BCUT2D eigenvalue weighted by molar-refractivity contribution is 7.47. The quantitative estimate of drug-likeness (QED) is 0.0242. The molecule has 0 heterocycles. The number of esters is 2. The molecule has 0 bridgehead atoms. The number of hydrogen-bond donors (Lipinski definition) is 3. The lowest BCUT2D eigenvalue weighted by Crippen LogP contribution is -2.29. The summed E-state index contributed by atoms with van der Waals surface area (Å²) < 4.78 is 32.6. The molecular formula is C43H70NO9P. The molecule has 0 aliphatic rings. The first-order valence-electron chi connectivity index (χ1n) is 19.8. The van der Waals surface area contributed by atoms with E-state index >= 15 is 0 Å². The highest BCUT2D eigenvalue weighted by Gasteiger charge is 2.25. The summed E-state index contributed by atoms with van der Waals surface area (Å²) in [6.07, 6.45) is 47.5. The molecule has 306 valence electrons. The molecule has 0 spiro atoms. The standard InChI is InChI=1S/C43H70NO9P/c1-2-3-4-5-6-7-8-9-13-16-19-22-25-28-31-34-42(46)50-39-41(40-52-54(48,49)51-38-36-44)53-43(47)35-32-29-26-23-20-17-14-11-10-12-15-18-21-24-27-30-33-37-45/h3-4,6-7,9-10,12-14,17-19,21-23,26,41,45H,2,5,8,11,15-16,20,24-25,27-40,44H2,1H3,(H,48,49)/b4-3-,7-6-,12-10-,13-9-,17-14-,21-18-,22-19-,26-23-/t41-/m1/s1. The Hall–Kier alpha value is -3.11. The first-order chi connectivity index (χ1) is 26.3. The van der Waals surface area contributed by atoms with E-state index in [2.05, 4.69) is 92.0 Å². The number of hydrogen-bond acceptors (Lipinski definition) is 9. The van der Waals surface area contributed by atoms with E-state index in [-0.39, 0.29) is 39.2 Å². The third-order valence-corrected chi connectivity index (χ3v) is 8.49. The minimum absolute atomic E-state index is 0.0287. The van der Waals surface area contributed by atoms with Crippen molar-refractivity contribution in [3.8, 4) is 0 Å². The van der Waals surface area contributed by atoms with Crippen LogP contribution < -0.4 is 5.73 Å². The molecule has 0 fully saturated rings. The van der Waals surface area contributed by atoms with Crippen molar-refractivity contribution in [2.45, 2.75) is 129 Å². The van der Waals surface area contributed by atoms with Crippen molar-refractivity contribution in [1.82, 2.24) is 0 Å². The van der Waals surface area contributed by atoms with Crippen molar-refractivity contribution in [2.75, 3.05) is 33.0 Å². The van der Waals surface area contributed by atoms with Gasteiger partial charge in [-0.05, 0) is 96.3 Å². The molecular weight excluding hydrogens is 705 g/mol.